The zero-order valence-corrected chi connectivity index (χ0v) is 21.6. The van der Waals surface area contributed by atoms with Crippen molar-refractivity contribution in [2.45, 2.75) is 38.9 Å². The molecule has 0 atom stereocenters. The lowest BCUT2D eigenvalue weighted by molar-refractivity contribution is 0.00578. The molecule has 0 radical (unpaired) electrons. The van der Waals surface area contributed by atoms with Gasteiger partial charge in [-0.05, 0) is 78.3 Å². The van der Waals surface area contributed by atoms with Crippen LogP contribution in [0.1, 0.15) is 27.7 Å². The number of rotatable bonds is 3. The third kappa shape index (κ3) is 3.74. The lowest BCUT2D eigenvalue weighted by atomic mass is 9.78. The van der Waals surface area contributed by atoms with E-state index in [0.717, 1.165) is 22.0 Å². The molecule has 36 heavy (non-hydrogen) atoms. The molecule has 5 heteroatoms. The van der Waals surface area contributed by atoms with E-state index in [1.54, 1.807) is 11.3 Å². The Morgan fingerprint density at radius 1 is 0.722 bits per heavy atom. The fourth-order valence-corrected chi connectivity index (χ4v) is 6.01. The van der Waals surface area contributed by atoms with Crippen molar-refractivity contribution in [2.75, 3.05) is 0 Å². The van der Waals surface area contributed by atoms with Crippen molar-refractivity contribution in [2.24, 2.45) is 0 Å². The van der Waals surface area contributed by atoms with Crippen LogP contribution in [0.3, 0.4) is 0 Å². The van der Waals surface area contributed by atoms with E-state index in [2.05, 4.69) is 105 Å². The average Bonchev–Trinajstić information content (AvgIpc) is 3.36. The summed E-state index contributed by atoms with van der Waals surface area (Å²) in [6, 6.07) is 29.6. The summed E-state index contributed by atoms with van der Waals surface area (Å²) >= 11 is 1.79. The quantitative estimate of drug-likeness (QED) is 0.189. The van der Waals surface area contributed by atoms with E-state index >= 15 is 0 Å². The highest BCUT2D eigenvalue weighted by Crippen LogP contribution is 2.42. The van der Waals surface area contributed by atoms with Crippen molar-refractivity contribution in [3.8, 4) is 22.3 Å². The Kier molecular flexibility index (Phi) is 5.31. The van der Waals surface area contributed by atoms with Crippen LogP contribution in [0.4, 0.5) is 5.69 Å². The van der Waals surface area contributed by atoms with Gasteiger partial charge in [-0.1, -0.05) is 72.8 Å². The van der Waals surface area contributed by atoms with Gasteiger partial charge in [0.1, 0.15) is 0 Å². The molecule has 0 amide bonds. The van der Waals surface area contributed by atoms with Crippen LogP contribution in [-0.4, -0.2) is 18.3 Å². The Bertz CT molecular complexity index is 1660. The van der Waals surface area contributed by atoms with Crippen LogP contribution in [0.25, 0.3) is 47.3 Å². The number of thiophene rings is 1. The monoisotopic (exact) mass is 487 g/mol. The molecule has 5 aromatic rings. The van der Waals surface area contributed by atoms with Crippen LogP contribution >= 0.6 is 11.3 Å². The van der Waals surface area contributed by atoms with Crippen LogP contribution < -0.4 is 5.46 Å². The van der Waals surface area contributed by atoms with Crippen LogP contribution in [0, 0.1) is 6.57 Å². The van der Waals surface area contributed by atoms with Crippen LogP contribution in [-0.2, 0) is 9.31 Å². The Hall–Kier alpha value is -3.43. The lowest BCUT2D eigenvalue weighted by Crippen LogP contribution is -2.41. The van der Waals surface area contributed by atoms with Gasteiger partial charge in [-0.3, -0.25) is 0 Å². The maximum atomic E-state index is 7.38. The molecular formula is C31H26BNO2S. The minimum atomic E-state index is -0.384. The van der Waals surface area contributed by atoms with Crippen molar-refractivity contribution in [3.63, 3.8) is 0 Å². The summed E-state index contributed by atoms with van der Waals surface area (Å²) in [6.07, 6.45) is 0. The molecular weight excluding hydrogens is 461 g/mol. The molecule has 0 N–H and O–H groups in total. The first-order chi connectivity index (χ1) is 17.3. The van der Waals surface area contributed by atoms with Crippen molar-refractivity contribution in [1.29, 1.82) is 0 Å². The second kappa shape index (κ2) is 8.32. The largest absolute Gasteiger partial charge is 0.494 e. The third-order valence-corrected chi connectivity index (χ3v) is 8.75. The van der Waals surface area contributed by atoms with Gasteiger partial charge in [0.15, 0.2) is 5.69 Å². The Morgan fingerprint density at radius 2 is 1.39 bits per heavy atom. The molecule has 1 aromatic heterocycles. The molecule has 3 nitrogen and oxygen atoms in total. The maximum Gasteiger partial charge on any atom is 0.494 e. The second-order valence-electron chi connectivity index (χ2n) is 10.4. The second-order valence-corrected chi connectivity index (χ2v) is 11.4. The number of hydrogen-bond donors (Lipinski definition) is 0. The van der Waals surface area contributed by atoms with E-state index in [1.807, 2.05) is 12.1 Å². The number of nitrogens with zero attached hydrogens (tertiary/aromatic N) is 1. The molecule has 1 aliphatic rings. The smallest absolute Gasteiger partial charge is 0.399 e. The van der Waals surface area contributed by atoms with Crippen LogP contribution in [0.15, 0.2) is 84.9 Å². The topological polar surface area (TPSA) is 22.8 Å². The highest BCUT2D eigenvalue weighted by Gasteiger charge is 2.51. The summed E-state index contributed by atoms with van der Waals surface area (Å²) < 4.78 is 15.0. The summed E-state index contributed by atoms with van der Waals surface area (Å²) in [5.41, 5.74) is 5.64. The maximum absolute atomic E-state index is 7.38. The minimum Gasteiger partial charge on any atom is -0.399 e. The lowest BCUT2D eigenvalue weighted by Gasteiger charge is -2.32. The van der Waals surface area contributed by atoms with Gasteiger partial charge < -0.3 is 9.31 Å². The van der Waals surface area contributed by atoms with Gasteiger partial charge in [-0.2, -0.15) is 0 Å². The fourth-order valence-electron chi connectivity index (χ4n) is 4.79. The number of benzene rings is 4. The van der Waals surface area contributed by atoms with Crippen molar-refractivity contribution in [3.05, 3.63) is 96.3 Å². The molecule has 0 saturated carbocycles. The summed E-state index contributed by atoms with van der Waals surface area (Å²) in [5.74, 6) is 0. The average molecular weight is 487 g/mol. The number of hydrogen-bond acceptors (Lipinski definition) is 3. The van der Waals surface area contributed by atoms with Gasteiger partial charge in [0.25, 0.3) is 0 Å². The fraction of sp³-hybridized carbons (Fsp3) is 0.194. The molecule has 0 bridgehead atoms. The molecule has 0 unspecified atom stereocenters. The van der Waals surface area contributed by atoms with Gasteiger partial charge in [0.05, 0.1) is 17.8 Å². The Balaban J connectivity index is 1.40. The first-order valence-corrected chi connectivity index (χ1v) is 13.0. The summed E-state index contributed by atoms with van der Waals surface area (Å²) in [5, 5.41) is 2.35. The zero-order valence-electron chi connectivity index (χ0n) is 20.8. The van der Waals surface area contributed by atoms with Crippen molar-refractivity contribution in [1.82, 2.24) is 0 Å². The summed E-state index contributed by atoms with van der Waals surface area (Å²) in [4.78, 5) is 3.62. The predicted octanol–water partition coefficient (Wildman–Crippen LogP) is 8.24. The molecule has 0 spiro atoms. The van der Waals surface area contributed by atoms with Crippen molar-refractivity contribution < 1.29 is 9.31 Å². The normalized spacial score (nSPS) is 16.5. The highest BCUT2D eigenvalue weighted by molar-refractivity contribution is 7.26. The van der Waals surface area contributed by atoms with E-state index in [9.17, 15) is 0 Å². The third-order valence-electron chi connectivity index (χ3n) is 7.53. The van der Waals surface area contributed by atoms with Gasteiger partial charge in [0.2, 0.25) is 0 Å². The van der Waals surface area contributed by atoms with Crippen LogP contribution in [0.5, 0.6) is 0 Å². The standard InChI is InChI=1S/C31H26BNO2S/c1-30(2)31(3,4)35-32(34-30)23-12-7-10-21(18-23)20-9-6-11-22(17-20)25-13-8-14-26-27-19-24(33-5)15-16-28(27)36-29(25)26/h6-19H,1-4H3. The van der Waals surface area contributed by atoms with E-state index < -0.39 is 0 Å². The first-order valence-electron chi connectivity index (χ1n) is 12.1. The van der Waals surface area contributed by atoms with E-state index in [4.69, 9.17) is 15.9 Å². The van der Waals surface area contributed by atoms with E-state index in [-0.39, 0.29) is 18.3 Å². The Labute approximate surface area is 216 Å². The van der Waals surface area contributed by atoms with Gasteiger partial charge in [-0.25, -0.2) is 4.85 Å². The molecule has 1 saturated heterocycles. The van der Waals surface area contributed by atoms with E-state index in [0.29, 0.717) is 5.69 Å². The molecule has 2 heterocycles. The molecule has 4 aromatic carbocycles. The first kappa shape index (κ1) is 23.0. The van der Waals surface area contributed by atoms with Crippen LogP contribution in [0.2, 0.25) is 0 Å². The minimum absolute atomic E-state index is 0.369. The zero-order chi connectivity index (χ0) is 25.1. The predicted molar refractivity (Wildman–Crippen MR) is 152 cm³/mol. The van der Waals surface area contributed by atoms with Gasteiger partial charge in [-0.15, -0.1) is 11.3 Å². The Morgan fingerprint density at radius 3 is 2.14 bits per heavy atom. The van der Waals surface area contributed by atoms with Crippen molar-refractivity contribution >= 4 is 49.8 Å². The molecule has 0 aliphatic carbocycles. The van der Waals surface area contributed by atoms with Gasteiger partial charge >= 0.3 is 7.12 Å². The van der Waals surface area contributed by atoms with E-state index in [1.165, 1.54) is 25.9 Å². The molecule has 176 valence electrons. The van der Waals surface area contributed by atoms with Gasteiger partial charge in [0, 0.05) is 9.40 Å². The molecule has 6 rings (SSSR count). The molecule has 1 aliphatic heterocycles. The SMILES string of the molecule is [C-]#[N+]c1ccc2sc3c(-c4cccc(-c5cccc(B6OC(C)(C)C(C)(C)O6)c5)c4)cccc3c2c1. The number of fused-ring (bicyclic) bond motifs is 3. The molecule has 1 fully saturated rings. The highest BCUT2D eigenvalue weighted by atomic mass is 32.1. The summed E-state index contributed by atoms with van der Waals surface area (Å²) in [7, 11) is -0.384. The summed E-state index contributed by atoms with van der Waals surface area (Å²) in [6.45, 7) is 15.7.